The third-order valence-electron chi connectivity index (χ3n) is 1.88. The maximum absolute atomic E-state index is 11.4. The van der Waals surface area contributed by atoms with Gasteiger partial charge >= 0.3 is 0 Å². The van der Waals surface area contributed by atoms with E-state index >= 15 is 0 Å². The number of halogens is 1. The Labute approximate surface area is 98.2 Å². The second-order valence-corrected chi connectivity index (χ2v) is 4.76. The van der Waals surface area contributed by atoms with Crippen molar-refractivity contribution in [2.24, 2.45) is 5.92 Å². The van der Waals surface area contributed by atoms with Gasteiger partial charge in [0.2, 0.25) is 0 Å². The lowest BCUT2D eigenvalue weighted by atomic mass is 10.2. The summed E-state index contributed by atoms with van der Waals surface area (Å²) in [7, 11) is 0. The molecule has 3 nitrogen and oxygen atoms in total. The summed E-state index contributed by atoms with van der Waals surface area (Å²) in [6.45, 7) is 6.12. The van der Waals surface area contributed by atoms with Gasteiger partial charge in [-0.05, 0) is 27.9 Å². The zero-order valence-electron chi connectivity index (χ0n) is 9.07. The molecule has 0 unspecified atom stereocenters. The van der Waals surface area contributed by atoms with Crippen molar-refractivity contribution in [2.75, 3.05) is 13.2 Å². The van der Waals surface area contributed by atoms with E-state index in [1.54, 1.807) is 22.9 Å². The molecule has 0 amide bonds. The van der Waals surface area contributed by atoms with E-state index in [0.717, 1.165) is 11.1 Å². The van der Waals surface area contributed by atoms with Gasteiger partial charge in [0.25, 0.3) is 5.56 Å². The lowest BCUT2D eigenvalue weighted by molar-refractivity contribution is 0.102. The molecule has 0 aliphatic heterocycles. The molecular weight excluding hydrogens is 258 g/mol. The van der Waals surface area contributed by atoms with Crippen LogP contribution in [0.2, 0.25) is 0 Å². The molecule has 0 radical (unpaired) electrons. The van der Waals surface area contributed by atoms with Gasteiger partial charge in [0.1, 0.15) is 0 Å². The van der Waals surface area contributed by atoms with Crippen molar-refractivity contribution in [3.05, 3.63) is 33.2 Å². The fraction of sp³-hybridized carbons (Fsp3) is 0.545. The number of hydrogen-bond donors (Lipinski definition) is 0. The Hall–Kier alpha value is -0.610. The Kier molecular flexibility index (Phi) is 5.05. The monoisotopic (exact) mass is 273 g/mol. The largest absolute Gasteiger partial charge is 0.379 e. The number of aromatic nitrogens is 1. The van der Waals surface area contributed by atoms with Crippen molar-refractivity contribution in [1.82, 2.24) is 4.57 Å². The second-order valence-electron chi connectivity index (χ2n) is 3.85. The van der Waals surface area contributed by atoms with Crippen molar-refractivity contribution in [3.63, 3.8) is 0 Å². The van der Waals surface area contributed by atoms with Crippen LogP contribution in [0.5, 0.6) is 0 Å². The molecule has 1 heterocycles. The highest BCUT2D eigenvalue weighted by atomic mass is 79.9. The molecule has 1 aromatic rings. The van der Waals surface area contributed by atoms with Gasteiger partial charge in [0, 0.05) is 29.9 Å². The normalized spacial score (nSPS) is 10.9. The van der Waals surface area contributed by atoms with E-state index in [4.69, 9.17) is 4.74 Å². The standard InChI is InChI=1S/C11H16BrNO2/c1-9(2)8-15-6-5-13-7-10(12)3-4-11(13)14/h3-4,7,9H,5-6,8H2,1-2H3. The van der Waals surface area contributed by atoms with Crippen LogP contribution in [0.25, 0.3) is 0 Å². The molecule has 0 aliphatic rings. The van der Waals surface area contributed by atoms with Gasteiger partial charge in [-0.15, -0.1) is 0 Å². The van der Waals surface area contributed by atoms with Crippen LogP contribution in [0.15, 0.2) is 27.6 Å². The van der Waals surface area contributed by atoms with E-state index in [1.165, 1.54) is 0 Å². The minimum absolute atomic E-state index is 0.00588. The SMILES string of the molecule is CC(C)COCCn1cc(Br)ccc1=O. The molecule has 0 saturated carbocycles. The first kappa shape index (κ1) is 12.5. The Morgan fingerprint density at radius 1 is 1.47 bits per heavy atom. The van der Waals surface area contributed by atoms with E-state index in [2.05, 4.69) is 29.8 Å². The maximum atomic E-state index is 11.4. The Bertz CT molecular complexity index is 360. The van der Waals surface area contributed by atoms with Gasteiger partial charge in [0.15, 0.2) is 0 Å². The molecule has 0 aliphatic carbocycles. The van der Waals surface area contributed by atoms with Crippen LogP contribution in [-0.4, -0.2) is 17.8 Å². The van der Waals surface area contributed by atoms with Gasteiger partial charge in [0.05, 0.1) is 6.61 Å². The van der Waals surface area contributed by atoms with Crippen molar-refractivity contribution in [3.8, 4) is 0 Å². The molecule has 1 rings (SSSR count). The highest BCUT2D eigenvalue weighted by Crippen LogP contribution is 2.04. The summed E-state index contributed by atoms with van der Waals surface area (Å²) in [5.74, 6) is 0.532. The van der Waals surface area contributed by atoms with Gasteiger partial charge < -0.3 is 9.30 Å². The zero-order chi connectivity index (χ0) is 11.3. The summed E-state index contributed by atoms with van der Waals surface area (Å²) >= 11 is 3.33. The fourth-order valence-corrected chi connectivity index (χ4v) is 1.54. The highest BCUT2D eigenvalue weighted by molar-refractivity contribution is 9.10. The van der Waals surface area contributed by atoms with E-state index < -0.39 is 0 Å². The predicted octanol–water partition coefficient (Wildman–Crippen LogP) is 2.28. The third-order valence-corrected chi connectivity index (χ3v) is 2.34. The lowest BCUT2D eigenvalue weighted by Gasteiger charge is -2.08. The average molecular weight is 274 g/mol. The van der Waals surface area contributed by atoms with Crippen LogP contribution >= 0.6 is 15.9 Å². The summed E-state index contributed by atoms with van der Waals surface area (Å²) in [6.07, 6.45) is 1.78. The average Bonchev–Trinajstić information content (AvgIpc) is 2.17. The van der Waals surface area contributed by atoms with E-state index in [1.807, 2.05) is 0 Å². The van der Waals surface area contributed by atoms with E-state index in [0.29, 0.717) is 19.1 Å². The Morgan fingerprint density at radius 2 is 2.20 bits per heavy atom. The molecule has 1 aromatic heterocycles. The summed E-state index contributed by atoms with van der Waals surface area (Å²) in [5, 5.41) is 0. The Morgan fingerprint density at radius 3 is 2.87 bits per heavy atom. The lowest BCUT2D eigenvalue weighted by Crippen LogP contribution is -2.21. The molecule has 0 fully saturated rings. The quantitative estimate of drug-likeness (QED) is 0.771. The molecule has 84 valence electrons. The molecule has 0 bridgehead atoms. The number of nitrogens with zero attached hydrogens (tertiary/aromatic N) is 1. The molecule has 0 saturated heterocycles. The first-order valence-electron chi connectivity index (χ1n) is 5.03. The highest BCUT2D eigenvalue weighted by Gasteiger charge is 1.98. The van der Waals surface area contributed by atoms with Gasteiger partial charge in [-0.25, -0.2) is 0 Å². The summed E-state index contributed by atoms with van der Waals surface area (Å²) in [6, 6.07) is 3.29. The van der Waals surface area contributed by atoms with Gasteiger partial charge in [-0.3, -0.25) is 4.79 Å². The van der Waals surface area contributed by atoms with Crippen LogP contribution in [0.3, 0.4) is 0 Å². The number of pyridine rings is 1. The first-order chi connectivity index (χ1) is 7.09. The topological polar surface area (TPSA) is 31.2 Å². The van der Waals surface area contributed by atoms with Crippen molar-refractivity contribution in [1.29, 1.82) is 0 Å². The minimum atomic E-state index is 0.00588. The maximum Gasteiger partial charge on any atom is 0.250 e. The smallest absolute Gasteiger partial charge is 0.250 e. The number of rotatable bonds is 5. The molecule has 0 N–H and O–H groups in total. The summed E-state index contributed by atoms with van der Waals surface area (Å²) in [5.41, 5.74) is 0.00588. The van der Waals surface area contributed by atoms with Crippen molar-refractivity contribution < 1.29 is 4.74 Å². The number of hydrogen-bond acceptors (Lipinski definition) is 2. The second kappa shape index (κ2) is 6.08. The molecule has 0 aromatic carbocycles. The van der Waals surface area contributed by atoms with E-state index in [-0.39, 0.29) is 5.56 Å². The predicted molar refractivity (Wildman–Crippen MR) is 64.1 cm³/mol. The van der Waals surface area contributed by atoms with Crippen LogP contribution < -0.4 is 5.56 Å². The first-order valence-corrected chi connectivity index (χ1v) is 5.82. The van der Waals surface area contributed by atoms with E-state index in [9.17, 15) is 4.79 Å². The molecule has 0 spiro atoms. The van der Waals surface area contributed by atoms with Crippen molar-refractivity contribution in [2.45, 2.75) is 20.4 Å². The minimum Gasteiger partial charge on any atom is -0.379 e. The summed E-state index contributed by atoms with van der Waals surface area (Å²) in [4.78, 5) is 11.4. The van der Waals surface area contributed by atoms with Crippen LogP contribution in [0, 0.1) is 5.92 Å². The summed E-state index contributed by atoms with van der Waals surface area (Å²) < 4.78 is 7.97. The molecular formula is C11H16BrNO2. The zero-order valence-corrected chi connectivity index (χ0v) is 10.7. The third kappa shape index (κ3) is 4.62. The fourth-order valence-electron chi connectivity index (χ4n) is 1.16. The number of ether oxygens (including phenoxy) is 1. The molecule has 4 heteroatoms. The Balaban J connectivity index is 2.43. The molecule has 15 heavy (non-hydrogen) atoms. The van der Waals surface area contributed by atoms with Crippen LogP contribution in [0.4, 0.5) is 0 Å². The van der Waals surface area contributed by atoms with Crippen molar-refractivity contribution >= 4 is 15.9 Å². The van der Waals surface area contributed by atoms with Crippen LogP contribution in [0.1, 0.15) is 13.8 Å². The molecule has 0 atom stereocenters. The van der Waals surface area contributed by atoms with Crippen LogP contribution in [-0.2, 0) is 11.3 Å². The van der Waals surface area contributed by atoms with Gasteiger partial charge in [-0.2, -0.15) is 0 Å². The van der Waals surface area contributed by atoms with Gasteiger partial charge in [-0.1, -0.05) is 13.8 Å².